The van der Waals surface area contributed by atoms with E-state index >= 15 is 0 Å². The van der Waals surface area contributed by atoms with Gasteiger partial charge in [0.2, 0.25) is 5.91 Å². The predicted molar refractivity (Wildman–Crippen MR) is 90.4 cm³/mol. The Kier molecular flexibility index (Phi) is 4.08. The summed E-state index contributed by atoms with van der Waals surface area (Å²) < 4.78 is 1.11. The van der Waals surface area contributed by atoms with Gasteiger partial charge in [0, 0.05) is 18.2 Å². The Bertz CT molecular complexity index is 838. The van der Waals surface area contributed by atoms with Crippen LogP contribution in [0.5, 0.6) is 0 Å². The molecule has 116 valence electrons. The van der Waals surface area contributed by atoms with E-state index in [1.165, 1.54) is 0 Å². The minimum absolute atomic E-state index is 0.125. The fraction of sp³-hybridized carbons (Fsp3) is 0.118. The molecule has 0 saturated heterocycles. The summed E-state index contributed by atoms with van der Waals surface area (Å²) in [7, 11) is 1.73. The van der Waals surface area contributed by atoms with E-state index in [1.54, 1.807) is 47.5 Å². The molecule has 0 aliphatic heterocycles. The maximum absolute atomic E-state index is 12.4. The number of fused-ring (bicyclic) bond motifs is 1. The highest BCUT2D eigenvalue weighted by Gasteiger charge is 2.14. The van der Waals surface area contributed by atoms with Crippen molar-refractivity contribution < 1.29 is 9.59 Å². The van der Waals surface area contributed by atoms with E-state index < -0.39 is 5.91 Å². The molecule has 23 heavy (non-hydrogen) atoms. The Hall–Kier alpha value is -2.73. The summed E-state index contributed by atoms with van der Waals surface area (Å²) in [6.45, 7) is 0.440. The Labute approximate surface area is 137 Å². The summed E-state index contributed by atoms with van der Waals surface area (Å²) in [5.74, 6) is -0.632. The zero-order valence-corrected chi connectivity index (χ0v) is 13.3. The quantitative estimate of drug-likeness (QED) is 0.801. The average Bonchev–Trinajstić information content (AvgIpc) is 2.96. The molecule has 2 N–H and O–H groups in total. The lowest BCUT2D eigenvalue weighted by molar-refractivity contribution is 0.0784. The number of nitrogens with zero attached hydrogens (tertiary/aromatic N) is 2. The first-order valence-electron chi connectivity index (χ1n) is 7.04. The average molecular weight is 325 g/mol. The van der Waals surface area contributed by atoms with E-state index in [1.807, 2.05) is 24.3 Å². The van der Waals surface area contributed by atoms with E-state index in [4.69, 9.17) is 5.73 Å². The third-order valence-corrected chi connectivity index (χ3v) is 4.49. The lowest BCUT2D eigenvalue weighted by Crippen LogP contribution is -2.26. The number of carbonyl (C=O) groups excluding carboxylic acids is 2. The summed E-state index contributed by atoms with van der Waals surface area (Å²) >= 11 is 1.58. The van der Waals surface area contributed by atoms with Crippen molar-refractivity contribution in [3.63, 3.8) is 0 Å². The van der Waals surface area contributed by atoms with E-state index in [9.17, 15) is 9.59 Å². The van der Waals surface area contributed by atoms with Gasteiger partial charge >= 0.3 is 0 Å². The second-order valence-electron chi connectivity index (χ2n) is 5.18. The molecule has 0 bridgehead atoms. The number of para-hydroxylation sites is 1. The van der Waals surface area contributed by atoms with Gasteiger partial charge in [-0.05, 0) is 36.4 Å². The highest BCUT2D eigenvalue weighted by molar-refractivity contribution is 7.18. The highest BCUT2D eigenvalue weighted by atomic mass is 32.1. The normalized spacial score (nSPS) is 10.7. The summed E-state index contributed by atoms with van der Waals surface area (Å²) in [5.41, 5.74) is 7.04. The molecule has 6 heteroatoms. The van der Waals surface area contributed by atoms with Crippen molar-refractivity contribution in [1.82, 2.24) is 9.88 Å². The maximum atomic E-state index is 12.4. The second kappa shape index (κ2) is 6.18. The first-order chi connectivity index (χ1) is 11.0. The summed E-state index contributed by atoms with van der Waals surface area (Å²) in [4.78, 5) is 29.6. The number of benzene rings is 2. The Balaban J connectivity index is 1.75. The third kappa shape index (κ3) is 3.22. The van der Waals surface area contributed by atoms with Gasteiger partial charge in [-0.2, -0.15) is 0 Å². The lowest BCUT2D eigenvalue weighted by Gasteiger charge is -2.15. The van der Waals surface area contributed by atoms with Gasteiger partial charge in [-0.15, -0.1) is 11.3 Å². The SMILES string of the molecule is CN(Cc1nc2ccccc2s1)C(=O)c1ccc(C(N)=O)cc1. The molecule has 3 aromatic rings. The van der Waals surface area contributed by atoms with Crippen LogP contribution in [0.15, 0.2) is 48.5 Å². The molecule has 2 aromatic carbocycles. The van der Waals surface area contributed by atoms with Crippen LogP contribution in [-0.4, -0.2) is 28.7 Å². The van der Waals surface area contributed by atoms with E-state index in [0.29, 0.717) is 17.7 Å². The van der Waals surface area contributed by atoms with Crippen molar-refractivity contribution in [3.05, 3.63) is 64.7 Å². The Morgan fingerprint density at radius 2 is 1.74 bits per heavy atom. The van der Waals surface area contributed by atoms with Crippen molar-refractivity contribution in [1.29, 1.82) is 0 Å². The number of primary amides is 1. The standard InChI is InChI=1S/C17H15N3O2S/c1-20(10-15-19-13-4-2-3-5-14(13)23-15)17(22)12-8-6-11(7-9-12)16(18)21/h2-9H,10H2,1H3,(H2,18,21). The lowest BCUT2D eigenvalue weighted by atomic mass is 10.1. The van der Waals surface area contributed by atoms with Crippen molar-refractivity contribution >= 4 is 33.4 Å². The zero-order valence-electron chi connectivity index (χ0n) is 12.5. The minimum atomic E-state index is -0.508. The van der Waals surface area contributed by atoms with Crippen LogP contribution >= 0.6 is 11.3 Å². The van der Waals surface area contributed by atoms with Crippen molar-refractivity contribution in [2.75, 3.05) is 7.05 Å². The minimum Gasteiger partial charge on any atom is -0.366 e. The molecule has 0 aliphatic carbocycles. The van der Waals surface area contributed by atoms with Gasteiger partial charge in [-0.3, -0.25) is 9.59 Å². The van der Waals surface area contributed by atoms with Crippen LogP contribution in [0.3, 0.4) is 0 Å². The molecule has 0 radical (unpaired) electrons. The van der Waals surface area contributed by atoms with Gasteiger partial charge in [-0.25, -0.2) is 4.98 Å². The van der Waals surface area contributed by atoms with Gasteiger partial charge < -0.3 is 10.6 Å². The van der Waals surface area contributed by atoms with Crippen LogP contribution in [0.2, 0.25) is 0 Å². The van der Waals surface area contributed by atoms with Crippen LogP contribution < -0.4 is 5.73 Å². The molecular weight excluding hydrogens is 310 g/mol. The van der Waals surface area contributed by atoms with Gasteiger partial charge in [-0.1, -0.05) is 12.1 Å². The van der Waals surface area contributed by atoms with Gasteiger partial charge in [0.15, 0.2) is 0 Å². The fourth-order valence-electron chi connectivity index (χ4n) is 2.26. The number of rotatable bonds is 4. The monoisotopic (exact) mass is 325 g/mol. The first kappa shape index (κ1) is 15.2. The number of nitrogens with two attached hydrogens (primary N) is 1. The van der Waals surface area contributed by atoms with Gasteiger partial charge in [0.05, 0.1) is 16.8 Å². The van der Waals surface area contributed by atoms with Crippen LogP contribution in [-0.2, 0) is 6.54 Å². The van der Waals surface area contributed by atoms with E-state index in [2.05, 4.69) is 4.98 Å². The largest absolute Gasteiger partial charge is 0.366 e. The molecule has 0 unspecified atom stereocenters. The predicted octanol–water partition coefficient (Wildman–Crippen LogP) is 2.67. The number of aromatic nitrogens is 1. The summed E-state index contributed by atoms with van der Waals surface area (Å²) in [6, 6.07) is 14.2. The van der Waals surface area contributed by atoms with Crippen molar-refractivity contribution in [3.8, 4) is 0 Å². The maximum Gasteiger partial charge on any atom is 0.253 e. The highest BCUT2D eigenvalue weighted by Crippen LogP contribution is 2.22. The fourth-order valence-corrected chi connectivity index (χ4v) is 3.28. The first-order valence-corrected chi connectivity index (χ1v) is 7.86. The van der Waals surface area contributed by atoms with Gasteiger partial charge in [0.1, 0.15) is 5.01 Å². The number of amides is 2. The number of carbonyl (C=O) groups is 2. The van der Waals surface area contributed by atoms with Crippen LogP contribution in [0.25, 0.3) is 10.2 Å². The molecule has 1 aromatic heterocycles. The molecule has 0 atom stereocenters. The Morgan fingerprint density at radius 1 is 1.09 bits per heavy atom. The molecule has 3 rings (SSSR count). The smallest absolute Gasteiger partial charge is 0.253 e. The molecule has 1 heterocycles. The molecule has 0 spiro atoms. The number of hydrogen-bond donors (Lipinski definition) is 1. The molecular formula is C17H15N3O2S. The molecule has 0 fully saturated rings. The van der Waals surface area contributed by atoms with E-state index in [0.717, 1.165) is 15.2 Å². The third-order valence-electron chi connectivity index (χ3n) is 3.47. The van der Waals surface area contributed by atoms with E-state index in [-0.39, 0.29) is 5.91 Å². The van der Waals surface area contributed by atoms with Crippen LogP contribution in [0, 0.1) is 0 Å². The summed E-state index contributed by atoms with van der Waals surface area (Å²) in [6.07, 6.45) is 0. The second-order valence-corrected chi connectivity index (χ2v) is 6.29. The van der Waals surface area contributed by atoms with Gasteiger partial charge in [0.25, 0.3) is 5.91 Å². The zero-order chi connectivity index (χ0) is 16.4. The molecule has 2 amide bonds. The Morgan fingerprint density at radius 3 is 2.39 bits per heavy atom. The topological polar surface area (TPSA) is 76.3 Å². The molecule has 0 saturated carbocycles. The number of hydrogen-bond acceptors (Lipinski definition) is 4. The number of thiazole rings is 1. The summed E-state index contributed by atoms with van der Waals surface area (Å²) in [5, 5.41) is 0.885. The van der Waals surface area contributed by atoms with Crippen molar-refractivity contribution in [2.45, 2.75) is 6.54 Å². The molecule has 5 nitrogen and oxygen atoms in total. The molecule has 0 aliphatic rings. The van der Waals surface area contributed by atoms with Crippen molar-refractivity contribution in [2.24, 2.45) is 5.73 Å². The van der Waals surface area contributed by atoms with Crippen LogP contribution in [0.4, 0.5) is 0 Å². The van der Waals surface area contributed by atoms with Crippen LogP contribution in [0.1, 0.15) is 25.7 Å².